The van der Waals surface area contributed by atoms with Gasteiger partial charge in [-0.05, 0) is 23.7 Å². The molecule has 1 aliphatic heterocycles. The van der Waals surface area contributed by atoms with E-state index in [0.29, 0.717) is 18.1 Å². The molecule has 396 valence electrons. The number of carbonyl (C=O) groups is 3. The SMILES string of the molecule is CC(C)CCC[C@@H](C)CCC[C@@H](C)CCCC(C)CC(=O)SCCNC(=O)CCNC(=O)[C@H](O)C(C)(C)COP(=O)([O-])OP(=O)([O-])OC[C@H]1O[C@@H](n2cnc3c(N)ncnc32)[C@H](O)[C@@H]1OP(=O)([O-])[O-]. The Morgan fingerprint density at radius 3 is 2.09 bits per heavy atom. The molecular weight excluding hydrogens is 987 g/mol. The first-order valence-electron chi connectivity index (χ1n) is 23.1. The molecule has 0 saturated carbocycles. The lowest BCUT2D eigenvalue weighted by molar-refractivity contribution is -0.347. The molecule has 0 bridgehead atoms. The standard InChI is InChI=1S/C41H74N7O17P3S/c1-26(2)11-8-12-27(3)13-9-14-28(4)15-10-16-29(5)21-32(50)69-20-19-43-31(49)17-18-44-39(53)36(52)41(6,7)23-62-68(59,60)65-67(57,58)61-22-30-35(64-66(54,55)56)34(51)40(63-30)48-25-47-33-37(42)45-24-46-38(33)48/h24-30,34-36,40,51-52H,8-23H2,1-7H3,(H,43,49)(H,44,53)(H,57,58)(H,59,60)(H2,42,45,46)(H2,54,55,56)/p-4/t27-,28-,29?,30-,34-,35-,36+,40-/m1/s1. The van der Waals surface area contributed by atoms with Crippen molar-refractivity contribution in [2.75, 3.05) is 37.8 Å². The maximum absolute atomic E-state index is 12.7. The maximum Gasteiger partial charge on any atom is 0.274 e. The predicted octanol–water partition coefficient (Wildman–Crippen LogP) is 2.60. The average Bonchev–Trinajstić information content (AvgIpc) is 3.80. The molecule has 24 nitrogen and oxygen atoms in total. The van der Waals surface area contributed by atoms with Gasteiger partial charge < -0.3 is 69.0 Å². The van der Waals surface area contributed by atoms with Gasteiger partial charge in [0.25, 0.3) is 15.6 Å². The third-order valence-corrected chi connectivity index (χ3v) is 15.4. The van der Waals surface area contributed by atoms with Gasteiger partial charge in [-0.15, -0.1) is 0 Å². The maximum atomic E-state index is 12.7. The summed E-state index contributed by atoms with van der Waals surface area (Å²) in [4.78, 5) is 97.3. The van der Waals surface area contributed by atoms with Crippen molar-refractivity contribution < 1.29 is 80.5 Å². The molecule has 6 N–H and O–H groups in total. The quantitative estimate of drug-likeness (QED) is 0.0506. The number of phosphoric acid groups is 3. The Bertz CT molecular complexity index is 2100. The number of fused-ring (bicyclic) bond motifs is 1. The van der Waals surface area contributed by atoms with Gasteiger partial charge in [0, 0.05) is 37.1 Å². The fourth-order valence-electron chi connectivity index (χ4n) is 7.51. The van der Waals surface area contributed by atoms with Crippen LogP contribution in [-0.4, -0.2) is 103 Å². The summed E-state index contributed by atoms with van der Waals surface area (Å²) >= 11 is 1.15. The Kier molecular flexibility index (Phi) is 24.8. The number of rotatable bonds is 33. The van der Waals surface area contributed by atoms with Crippen LogP contribution in [0.15, 0.2) is 12.7 Å². The number of aliphatic hydroxyl groups is 2. The number of nitrogens with zero attached hydrogens (tertiary/aromatic N) is 4. The normalized spacial score (nSPS) is 21.4. The molecule has 0 aliphatic carbocycles. The first-order valence-corrected chi connectivity index (χ1v) is 28.4. The van der Waals surface area contributed by atoms with Crippen molar-refractivity contribution in [1.82, 2.24) is 30.2 Å². The number of nitrogens with one attached hydrogen (secondary N) is 2. The minimum Gasteiger partial charge on any atom is -0.790 e. The number of anilines is 1. The number of nitrogens with two attached hydrogens (primary N) is 1. The van der Waals surface area contributed by atoms with Crippen LogP contribution in [0.2, 0.25) is 0 Å². The summed E-state index contributed by atoms with van der Waals surface area (Å²) in [6.07, 6.45) is 3.79. The zero-order valence-corrected chi connectivity index (χ0v) is 43.8. The number of aromatic nitrogens is 4. The topological polar surface area (TPSA) is 375 Å². The molecule has 0 spiro atoms. The minimum absolute atomic E-state index is 0.0187. The minimum atomic E-state index is -5.92. The molecule has 3 heterocycles. The Morgan fingerprint density at radius 1 is 0.884 bits per heavy atom. The van der Waals surface area contributed by atoms with Crippen LogP contribution in [0.25, 0.3) is 11.2 Å². The van der Waals surface area contributed by atoms with E-state index in [4.69, 9.17) is 10.5 Å². The van der Waals surface area contributed by atoms with Crippen molar-refractivity contribution in [3.63, 3.8) is 0 Å². The van der Waals surface area contributed by atoms with Crippen molar-refractivity contribution in [3.8, 4) is 0 Å². The Morgan fingerprint density at radius 2 is 1.48 bits per heavy atom. The molecular formula is C41H70N7O17P3S-4. The van der Waals surface area contributed by atoms with Crippen LogP contribution in [0.3, 0.4) is 0 Å². The second-order valence-electron chi connectivity index (χ2n) is 18.9. The van der Waals surface area contributed by atoms with Crippen LogP contribution in [0.4, 0.5) is 5.82 Å². The lowest BCUT2D eigenvalue weighted by Gasteiger charge is -2.36. The molecule has 3 unspecified atom stereocenters. The van der Waals surface area contributed by atoms with E-state index in [1.807, 2.05) is 0 Å². The second kappa shape index (κ2) is 28.1. The van der Waals surface area contributed by atoms with Gasteiger partial charge in [-0.1, -0.05) is 118 Å². The molecule has 28 heteroatoms. The monoisotopic (exact) mass is 1060 g/mol. The van der Waals surface area contributed by atoms with Crippen molar-refractivity contribution in [2.24, 2.45) is 29.1 Å². The van der Waals surface area contributed by atoms with Crippen LogP contribution in [-0.2, 0) is 50.7 Å². The molecule has 3 rings (SSSR count). The molecule has 10 atom stereocenters. The fourth-order valence-corrected chi connectivity index (χ4v) is 11.1. The van der Waals surface area contributed by atoms with Crippen molar-refractivity contribution in [1.29, 1.82) is 0 Å². The second-order valence-corrected chi connectivity index (χ2v) is 24.1. The summed E-state index contributed by atoms with van der Waals surface area (Å²) in [5, 5.41) is 26.6. The van der Waals surface area contributed by atoms with Crippen molar-refractivity contribution >= 4 is 69.1 Å². The van der Waals surface area contributed by atoms with Gasteiger partial charge in [-0.3, -0.25) is 28.1 Å². The highest BCUT2D eigenvalue weighted by atomic mass is 32.2. The molecule has 0 aromatic carbocycles. The number of aliphatic hydroxyl groups excluding tert-OH is 2. The number of hydrogen-bond acceptors (Lipinski definition) is 22. The van der Waals surface area contributed by atoms with E-state index in [0.717, 1.165) is 60.1 Å². The fraction of sp³-hybridized carbons (Fsp3) is 0.805. The summed E-state index contributed by atoms with van der Waals surface area (Å²) in [5.41, 5.74) is 4.09. The molecule has 0 radical (unpaired) electrons. The van der Waals surface area contributed by atoms with E-state index in [2.05, 4.69) is 78.1 Å². The largest absolute Gasteiger partial charge is 0.790 e. The Hall–Kier alpha value is -2.44. The average molecular weight is 1060 g/mol. The highest BCUT2D eigenvalue weighted by molar-refractivity contribution is 8.13. The first-order chi connectivity index (χ1) is 32.1. The zero-order valence-electron chi connectivity index (χ0n) is 40.3. The highest BCUT2D eigenvalue weighted by Gasteiger charge is 2.47. The van der Waals surface area contributed by atoms with E-state index in [-0.39, 0.29) is 47.5 Å². The molecule has 2 amide bonds. The number of imidazole rings is 1. The first kappa shape index (κ1) is 60.9. The van der Waals surface area contributed by atoms with Gasteiger partial charge in [0.05, 0.1) is 27.4 Å². The van der Waals surface area contributed by atoms with E-state index in [1.54, 1.807) is 0 Å². The summed E-state index contributed by atoms with van der Waals surface area (Å²) in [5.74, 6) is 1.32. The molecule has 2 aromatic heterocycles. The zero-order chi connectivity index (χ0) is 51.7. The van der Waals surface area contributed by atoms with Gasteiger partial charge in [0.15, 0.2) is 22.8 Å². The number of hydrogen-bond donors (Lipinski definition) is 5. The van der Waals surface area contributed by atoms with Crippen LogP contribution >= 0.6 is 35.2 Å². The van der Waals surface area contributed by atoms with Gasteiger partial charge >= 0.3 is 0 Å². The van der Waals surface area contributed by atoms with Gasteiger partial charge in [-0.25, -0.2) is 19.3 Å². The molecule has 69 heavy (non-hydrogen) atoms. The lowest BCUT2D eigenvalue weighted by atomic mass is 9.87. The molecule has 1 aliphatic rings. The molecule has 2 aromatic rings. The number of thioether (sulfide) groups is 1. The van der Waals surface area contributed by atoms with Crippen molar-refractivity contribution in [2.45, 2.75) is 150 Å². The number of carbonyl (C=O) groups excluding carboxylic acids is 3. The van der Waals surface area contributed by atoms with Gasteiger partial charge in [0.1, 0.15) is 36.3 Å². The lowest BCUT2D eigenvalue weighted by Crippen LogP contribution is -2.46. The third-order valence-electron chi connectivity index (χ3n) is 11.5. The van der Waals surface area contributed by atoms with Gasteiger partial charge in [-0.2, -0.15) is 0 Å². The summed E-state index contributed by atoms with van der Waals surface area (Å²) < 4.78 is 60.9. The predicted molar refractivity (Wildman–Crippen MR) is 247 cm³/mol. The summed E-state index contributed by atoms with van der Waals surface area (Å²) in [7, 11) is -17.6. The Labute approximate surface area is 407 Å². The van der Waals surface area contributed by atoms with Crippen LogP contribution in [0.1, 0.15) is 125 Å². The van der Waals surface area contributed by atoms with E-state index < -0.39 is 84.6 Å². The number of amides is 2. The van der Waals surface area contributed by atoms with Gasteiger partial charge in [0.2, 0.25) is 11.8 Å². The van der Waals surface area contributed by atoms with E-state index in [9.17, 15) is 57.9 Å². The van der Waals surface area contributed by atoms with Crippen molar-refractivity contribution in [3.05, 3.63) is 12.7 Å². The smallest absolute Gasteiger partial charge is 0.274 e. The molecule has 1 fully saturated rings. The number of nitrogen functional groups attached to an aromatic ring is 1. The number of ether oxygens (including phenoxy) is 1. The van der Waals surface area contributed by atoms with Crippen LogP contribution in [0.5, 0.6) is 0 Å². The summed E-state index contributed by atoms with van der Waals surface area (Å²) in [6, 6.07) is 0. The van der Waals surface area contributed by atoms with Crippen LogP contribution < -0.4 is 35.9 Å². The Balaban J connectivity index is 1.33. The molecule has 1 saturated heterocycles. The van der Waals surface area contributed by atoms with Crippen LogP contribution in [0, 0.1) is 29.1 Å². The summed E-state index contributed by atoms with van der Waals surface area (Å²) in [6.45, 7) is 11.5. The third kappa shape index (κ3) is 22.1. The number of phosphoric ester groups is 3. The highest BCUT2D eigenvalue weighted by Crippen LogP contribution is 2.56. The van der Waals surface area contributed by atoms with E-state index in [1.165, 1.54) is 52.4 Å². The van der Waals surface area contributed by atoms with E-state index >= 15 is 0 Å².